The molecule has 0 aliphatic carbocycles. The van der Waals surface area contributed by atoms with Crippen molar-refractivity contribution in [1.29, 1.82) is 0 Å². The molecule has 1 fully saturated rings. The average Bonchev–Trinajstić information content (AvgIpc) is 2.92. The van der Waals surface area contributed by atoms with E-state index in [1.165, 1.54) is 11.8 Å². The minimum Gasteiger partial charge on any atom is -0.490 e. The predicted molar refractivity (Wildman–Crippen MR) is 128 cm³/mol. The first-order valence-electron chi connectivity index (χ1n) is 8.89. The van der Waals surface area contributed by atoms with Gasteiger partial charge in [0.1, 0.15) is 0 Å². The van der Waals surface area contributed by atoms with Gasteiger partial charge in [-0.25, -0.2) is 0 Å². The van der Waals surface area contributed by atoms with Gasteiger partial charge >= 0.3 is 0 Å². The lowest BCUT2D eigenvalue weighted by Gasteiger charge is -2.16. The van der Waals surface area contributed by atoms with E-state index in [0.717, 1.165) is 26.1 Å². The van der Waals surface area contributed by atoms with Gasteiger partial charge in [0, 0.05) is 0 Å². The molecule has 0 N–H and O–H groups in total. The van der Waals surface area contributed by atoms with E-state index in [9.17, 15) is 4.79 Å². The number of anilines is 1. The fourth-order valence-electron chi connectivity index (χ4n) is 2.86. The van der Waals surface area contributed by atoms with Crippen molar-refractivity contribution < 1.29 is 14.3 Å². The Labute approximate surface area is 188 Å². The van der Waals surface area contributed by atoms with Gasteiger partial charge in [-0.3, -0.25) is 9.69 Å². The van der Waals surface area contributed by atoms with Crippen molar-refractivity contribution >= 4 is 68.6 Å². The molecule has 1 heterocycles. The van der Waals surface area contributed by atoms with Crippen molar-refractivity contribution in [3.63, 3.8) is 0 Å². The second-order valence-corrected chi connectivity index (χ2v) is 8.84. The first-order chi connectivity index (χ1) is 13.5. The van der Waals surface area contributed by atoms with Crippen LogP contribution < -0.4 is 14.4 Å². The van der Waals surface area contributed by atoms with E-state index in [2.05, 4.69) is 22.6 Å². The Morgan fingerprint density at radius 2 is 1.89 bits per heavy atom. The third kappa shape index (κ3) is 4.36. The zero-order valence-corrected chi connectivity index (χ0v) is 19.6. The van der Waals surface area contributed by atoms with Crippen LogP contribution in [0.3, 0.4) is 0 Å². The number of thioether (sulfide) groups is 1. The molecular formula is C21H20INO3S2. The highest BCUT2D eigenvalue weighted by molar-refractivity contribution is 14.1. The molecule has 4 nitrogen and oxygen atoms in total. The molecule has 2 aromatic carbocycles. The van der Waals surface area contributed by atoms with Gasteiger partial charge in [0.25, 0.3) is 5.91 Å². The highest BCUT2D eigenvalue weighted by Crippen LogP contribution is 2.39. The molecule has 1 amide bonds. The normalized spacial score (nSPS) is 15.4. The van der Waals surface area contributed by atoms with Gasteiger partial charge in [-0.2, -0.15) is 0 Å². The highest BCUT2D eigenvalue weighted by atomic mass is 127. The van der Waals surface area contributed by atoms with E-state index in [0.29, 0.717) is 28.2 Å². The Bertz CT molecular complexity index is 959. The van der Waals surface area contributed by atoms with Crippen molar-refractivity contribution in [2.24, 2.45) is 0 Å². The summed E-state index contributed by atoms with van der Waals surface area (Å²) in [4.78, 5) is 15.2. The number of nitrogens with zero attached hydrogens (tertiary/aromatic N) is 1. The number of hydrogen-bond acceptors (Lipinski definition) is 5. The molecule has 0 saturated carbocycles. The monoisotopic (exact) mass is 525 g/mol. The first-order valence-corrected chi connectivity index (χ1v) is 11.2. The smallest absolute Gasteiger partial charge is 0.270 e. The zero-order valence-electron chi connectivity index (χ0n) is 15.8. The van der Waals surface area contributed by atoms with Crippen LogP contribution in [-0.2, 0) is 4.79 Å². The van der Waals surface area contributed by atoms with Gasteiger partial charge < -0.3 is 9.47 Å². The largest absolute Gasteiger partial charge is 0.490 e. The maximum absolute atomic E-state index is 13.0. The molecule has 7 heteroatoms. The van der Waals surface area contributed by atoms with Gasteiger partial charge in [0.05, 0.1) is 27.4 Å². The number of para-hydroxylation sites is 1. The summed E-state index contributed by atoms with van der Waals surface area (Å²) in [5, 5.41) is 0. The van der Waals surface area contributed by atoms with Crippen molar-refractivity contribution in [2.45, 2.75) is 20.8 Å². The fraction of sp³-hybridized carbons (Fsp3) is 0.238. The number of carbonyl (C=O) groups excluding carboxylic acids is 1. The van der Waals surface area contributed by atoms with Crippen LogP contribution in [-0.4, -0.2) is 23.4 Å². The van der Waals surface area contributed by atoms with Crippen LogP contribution in [0.25, 0.3) is 6.08 Å². The maximum atomic E-state index is 13.0. The van der Waals surface area contributed by atoms with Crippen molar-refractivity contribution in [3.8, 4) is 11.5 Å². The number of thiocarbonyl (C=S) groups is 1. The number of benzene rings is 2. The second-order valence-electron chi connectivity index (χ2n) is 6.00. The number of amides is 1. The van der Waals surface area contributed by atoms with Gasteiger partial charge in [-0.15, -0.1) is 0 Å². The Hall–Kier alpha value is -1.58. The van der Waals surface area contributed by atoms with Gasteiger partial charge in [-0.1, -0.05) is 42.2 Å². The highest BCUT2D eigenvalue weighted by Gasteiger charge is 2.34. The van der Waals surface area contributed by atoms with Crippen LogP contribution in [0.15, 0.2) is 41.3 Å². The molecule has 0 radical (unpaired) electrons. The number of rotatable bonds is 6. The number of halogens is 1. The van der Waals surface area contributed by atoms with Crippen LogP contribution in [0.2, 0.25) is 0 Å². The lowest BCUT2D eigenvalue weighted by atomic mass is 10.1. The first kappa shape index (κ1) is 21.1. The molecular weight excluding hydrogens is 505 g/mol. The van der Waals surface area contributed by atoms with Crippen molar-refractivity contribution in [3.05, 3.63) is 56.0 Å². The Balaban J connectivity index is 1.97. The van der Waals surface area contributed by atoms with Crippen LogP contribution in [0.4, 0.5) is 5.69 Å². The van der Waals surface area contributed by atoms with Gasteiger partial charge in [0.2, 0.25) is 0 Å². The summed E-state index contributed by atoms with van der Waals surface area (Å²) in [5.74, 6) is 1.30. The zero-order chi connectivity index (χ0) is 20.3. The van der Waals surface area contributed by atoms with E-state index in [-0.39, 0.29) is 5.91 Å². The van der Waals surface area contributed by atoms with Crippen LogP contribution >= 0.6 is 46.6 Å². The van der Waals surface area contributed by atoms with E-state index in [1.807, 2.05) is 63.2 Å². The van der Waals surface area contributed by atoms with Gasteiger partial charge in [-0.05, 0) is 78.8 Å². The average molecular weight is 525 g/mol. The standard InChI is InChI=1S/C21H20INO3S2/c1-4-25-17-11-14(10-15(22)19(17)26-5-2)12-18-20(24)23(21(27)28-18)16-9-7-6-8-13(16)3/h6-12H,4-5H2,1-3H3/b18-12+. The second kappa shape index (κ2) is 9.28. The van der Waals surface area contributed by atoms with Crippen LogP contribution in [0.5, 0.6) is 11.5 Å². The molecule has 146 valence electrons. The summed E-state index contributed by atoms with van der Waals surface area (Å²) in [7, 11) is 0. The molecule has 0 bridgehead atoms. The minimum absolute atomic E-state index is 0.105. The van der Waals surface area contributed by atoms with Crippen molar-refractivity contribution in [1.82, 2.24) is 0 Å². The van der Waals surface area contributed by atoms with Crippen molar-refractivity contribution in [2.75, 3.05) is 18.1 Å². The maximum Gasteiger partial charge on any atom is 0.270 e. The third-order valence-electron chi connectivity index (χ3n) is 4.07. The van der Waals surface area contributed by atoms with E-state index < -0.39 is 0 Å². The molecule has 28 heavy (non-hydrogen) atoms. The Morgan fingerprint density at radius 3 is 2.57 bits per heavy atom. The molecule has 0 atom stereocenters. The number of carbonyl (C=O) groups is 1. The molecule has 1 aliphatic heterocycles. The molecule has 2 aromatic rings. The van der Waals surface area contributed by atoms with E-state index in [4.69, 9.17) is 21.7 Å². The van der Waals surface area contributed by atoms with Gasteiger partial charge in [0.15, 0.2) is 15.8 Å². The summed E-state index contributed by atoms with van der Waals surface area (Å²) < 4.78 is 12.9. The molecule has 0 aromatic heterocycles. The topological polar surface area (TPSA) is 38.8 Å². The Morgan fingerprint density at radius 1 is 1.18 bits per heavy atom. The van der Waals surface area contributed by atoms with E-state index >= 15 is 0 Å². The summed E-state index contributed by atoms with van der Waals surface area (Å²) in [6, 6.07) is 11.6. The molecule has 0 spiro atoms. The lowest BCUT2D eigenvalue weighted by molar-refractivity contribution is -0.113. The Kier molecular flexibility index (Phi) is 7.00. The molecule has 3 rings (SSSR count). The summed E-state index contributed by atoms with van der Waals surface area (Å²) in [6.07, 6.45) is 1.86. The summed E-state index contributed by atoms with van der Waals surface area (Å²) in [5.41, 5.74) is 2.71. The quantitative estimate of drug-likeness (QED) is 0.271. The number of aryl methyl sites for hydroxylation is 1. The minimum atomic E-state index is -0.105. The molecule has 1 aliphatic rings. The molecule has 0 unspecified atom stereocenters. The van der Waals surface area contributed by atoms with Crippen LogP contribution in [0, 0.1) is 10.5 Å². The fourth-order valence-corrected chi connectivity index (χ4v) is 4.93. The summed E-state index contributed by atoms with van der Waals surface area (Å²) in [6.45, 7) is 6.94. The van der Waals surface area contributed by atoms with Crippen LogP contribution in [0.1, 0.15) is 25.0 Å². The third-order valence-corrected chi connectivity index (χ3v) is 6.17. The lowest BCUT2D eigenvalue weighted by Crippen LogP contribution is -2.28. The van der Waals surface area contributed by atoms with E-state index in [1.54, 1.807) is 4.90 Å². The predicted octanol–water partition coefficient (Wildman–Crippen LogP) is 5.80. The summed E-state index contributed by atoms with van der Waals surface area (Å²) >= 11 is 9.02. The number of ether oxygens (including phenoxy) is 2. The SMILES string of the molecule is CCOc1cc(/C=C2/SC(=S)N(c3ccccc3C)C2=O)cc(I)c1OCC. The number of hydrogen-bond donors (Lipinski definition) is 0. The molecule has 1 saturated heterocycles.